The zero-order valence-electron chi connectivity index (χ0n) is 9.29. The molecule has 5 heteroatoms. The summed E-state index contributed by atoms with van der Waals surface area (Å²) < 4.78 is 0. The average Bonchev–Trinajstić information content (AvgIpc) is 2.63. The fourth-order valence-electron chi connectivity index (χ4n) is 1.92. The summed E-state index contributed by atoms with van der Waals surface area (Å²) in [5.41, 5.74) is 1.25. The van der Waals surface area contributed by atoms with E-state index in [1.165, 1.54) is 0 Å². The minimum absolute atomic E-state index is 0.346. The second-order valence-corrected chi connectivity index (χ2v) is 3.88. The summed E-state index contributed by atoms with van der Waals surface area (Å²) in [5, 5.41) is 22.3. The van der Waals surface area contributed by atoms with Gasteiger partial charge in [0.05, 0.1) is 17.6 Å². The van der Waals surface area contributed by atoms with Crippen LogP contribution in [0.15, 0.2) is 12.1 Å². The van der Waals surface area contributed by atoms with Crippen molar-refractivity contribution in [3.63, 3.8) is 0 Å². The summed E-state index contributed by atoms with van der Waals surface area (Å²) in [4.78, 5) is 24.4. The van der Waals surface area contributed by atoms with E-state index in [0.29, 0.717) is 16.5 Å². The lowest BCUT2D eigenvalue weighted by molar-refractivity contribution is -0.259. The summed E-state index contributed by atoms with van der Waals surface area (Å²) in [6.45, 7) is 3.55. The number of carboxylic acids is 2. The third-order valence-electron chi connectivity index (χ3n) is 2.90. The van der Waals surface area contributed by atoms with Gasteiger partial charge >= 0.3 is 0 Å². The fraction of sp³-hybridized carbons (Fsp3) is 0.167. The van der Waals surface area contributed by atoms with Crippen molar-refractivity contribution in [3.05, 3.63) is 34.5 Å². The first-order valence-corrected chi connectivity index (χ1v) is 4.98. The highest BCUT2D eigenvalue weighted by molar-refractivity contribution is 6.11. The smallest absolute Gasteiger partial charge is 0.0885 e. The molecule has 2 aromatic rings. The van der Waals surface area contributed by atoms with Crippen molar-refractivity contribution in [3.8, 4) is 0 Å². The number of benzene rings is 1. The number of aromatic amines is 1. The van der Waals surface area contributed by atoms with Crippen LogP contribution in [0.1, 0.15) is 32.0 Å². The lowest BCUT2D eigenvalue weighted by Gasteiger charge is -2.08. The Morgan fingerprint density at radius 3 is 2.29 bits per heavy atom. The van der Waals surface area contributed by atoms with Gasteiger partial charge in [-0.2, -0.15) is 0 Å². The first-order valence-electron chi connectivity index (χ1n) is 4.98. The molecule has 1 heterocycles. The maximum Gasteiger partial charge on any atom is 0.0885 e. The highest BCUT2D eigenvalue weighted by Crippen LogP contribution is 2.27. The summed E-state index contributed by atoms with van der Waals surface area (Å²) in [5.74, 6) is -3.08. The molecule has 0 atom stereocenters. The zero-order valence-corrected chi connectivity index (χ0v) is 9.29. The Bertz CT molecular complexity index is 639. The number of H-pyrrole nitrogens is 1. The standard InChI is InChI=1S/C12H11NO4/c1-5-3-4-7-8(6(5)2)9(11(14)15)10(13-7)12(16)17/h3-4,13H,1-2H3,(H,14,15)(H,16,17)/p-2. The largest absolute Gasteiger partial charge is 0.545 e. The van der Waals surface area contributed by atoms with Crippen molar-refractivity contribution in [2.24, 2.45) is 0 Å². The molecule has 0 fully saturated rings. The van der Waals surface area contributed by atoms with Crippen molar-refractivity contribution in [2.45, 2.75) is 13.8 Å². The molecule has 0 saturated carbocycles. The van der Waals surface area contributed by atoms with Crippen molar-refractivity contribution in [1.29, 1.82) is 0 Å². The minimum Gasteiger partial charge on any atom is -0.545 e. The number of aromatic nitrogens is 1. The summed E-state index contributed by atoms with van der Waals surface area (Å²) in [6.07, 6.45) is 0. The first-order chi connectivity index (χ1) is 7.93. The second kappa shape index (κ2) is 3.62. The Morgan fingerprint density at radius 1 is 1.12 bits per heavy atom. The number of hydrogen-bond acceptors (Lipinski definition) is 4. The number of carbonyl (C=O) groups excluding carboxylic acids is 2. The van der Waals surface area contributed by atoms with Gasteiger partial charge < -0.3 is 24.8 Å². The molecule has 0 unspecified atom stereocenters. The normalized spacial score (nSPS) is 10.7. The van der Waals surface area contributed by atoms with E-state index in [-0.39, 0.29) is 5.56 Å². The molecule has 1 aromatic carbocycles. The Kier molecular flexibility index (Phi) is 2.38. The predicted molar refractivity (Wildman–Crippen MR) is 56.4 cm³/mol. The lowest BCUT2D eigenvalue weighted by Crippen LogP contribution is -2.29. The van der Waals surface area contributed by atoms with E-state index in [2.05, 4.69) is 4.98 Å². The van der Waals surface area contributed by atoms with E-state index in [9.17, 15) is 19.8 Å². The van der Waals surface area contributed by atoms with Crippen molar-refractivity contribution in [2.75, 3.05) is 0 Å². The van der Waals surface area contributed by atoms with Gasteiger partial charge in [0.2, 0.25) is 0 Å². The van der Waals surface area contributed by atoms with E-state index in [1.54, 1.807) is 19.1 Å². The van der Waals surface area contributed by atoms with E-state index < -0.39 is 17.6 Å². The molecule has 0 aliphatic rings. The van der Waals surface area contributed by atoms with Crippen LogP contribution < -0.4 is 10.2 Å². The molecule has 0 saturated heterocycles. The van der Waals surface area contributed by atoms with Crippen LogP contribution in [0.5, 0.6) is 0 Å². The third kappa shape index (κ3) is 1.56. The molecule has 5 nitrogen and oxygen atoms in total. The third-order valence-corrected chi connectivity index (χ3v) is 2.90. The van der Waals surface area contributed by atoms with Crippen LogP contribution in [0.4, 0.5) is 0 Å². The van der Waals surface area contributed by atoms with Crippen molar-refractivity contribution >= 4 is 22.8 Å². The lowest BCUT2D eigenvalue weighted by atomic mass is 10.0. The molecule has 0 bridgehead atoms. The Morgan fingerprint density at radius 2 is 1.76 bits per heavy atom. The topological polar surface area (TPSA) is 96.1 Å². The number of nitrogens with one attached hydrogen (secondary N) is 1. The van der Waals surface area contributed by atoms with Crippen LogP contribution in [0, 0.1) is 13.8 Å². The highest BCUT2D eigenvalue weighted by Gasteiger charge is 2.15. The molecule has 88 valence electrons. The van der Waals surface area contributed by atoms with Crippen LogP contribution in [-0.2, 0) is 0 Å². The quantitative estimate of drug-likeness (QED) is 0.754. The molecule has 0 aliphatic heterocycles. The molecule has 0 spiro atoms. The van der Waals surface area contributed by atoms with Crippen LogP contribution in [0.25, 0.3) is 10.9 Å². The maximum absolute atomic E-state index is 11.0. The first kappa shape index (κ1) is 11.2. The summed E-state index contributed by atoms with van der Waals surface area (Å²) >= 11 is 0. The van der Waals surface area contributed by atoms with Crippen LogP contribution in [-0.4, -0.2) is 16.9 Å². The Hall–Kier alpha value is -2.30. The van der Waals surface area contributed by atoms with Crippen LogP contribution in [0.2, 0.25) is 0 Å². The molecular weight excluding hydrogens is 222 g/mol. The highest BCUT2D eigenvalue weighted by atomic mass is 16.4. The van der Waals surface area contributed by atoms with E-state index in [0.717, 1.165) is 5.56 Å². The Labute approximate surface area is 96.7 Å². The molecule has 0 aliphatic carbocycles. The Balaban J connectivity index is 2.97. The van der Waals surface area contributed by atoms with Crippen LogP contribution >= 0.6 is 0 Å². The van der Waals surface area contributed by atoms with E-state index in [1.807, 2.05) is 6.92 Å². The van der Waals surface area contributed by atoms with Gasteiger partial charge in [-0.25, -0.2) is 0 Å². The maximum atomic E-state index is 11.0. The minimum atomic E-state index is -1.56. The van der Waals surface area contributed by atoms with Gasteiger partial charge in [0.25, 0.3) is 0 Å². The number of carbonyl (C=O) groups is 2. The van der Waals surface area contributed by atoms with Crippen LogP contribution in [0.3, 0.4) is 0 Å². The van der Waals surface area contributed by atoms with Gasteiger partial charge in [-0.15, -0.1) is 0 Å². The van der Waals surface area contributed by atoms with Gasteiger partial charge in [0, 0.05) is 16.5 Å². The van der Waals surface area contributed by atoms with Gasteiger partial charge in [0.15, 0.2) is 0 Å². The molecule has 1 N–H and O–H groups in total. The number of carboxylic acid groups (broad SMARTS) is 2. The zero-order chi connectivity index (χ0) is 12.7. The summed E-state index contributed by atoms with van der Waals surface area (Å²) in [6, 6.07) is 3.42. The fourth-order valence-corrected chi connectivity index (χ4v) is 1.92. The number of fused-ring (bicyclic) bond motifs is 1. The van der Waals surface area contributed by atoms with Crippen molar-refractivity contribution < 1.29 is 19.8 Å². The summed E-state index contributed by atoms with van der Waals surface area (Å²) in [7, 11) is 0. The second-order valence-electron chi connectivity index (χ2n) is 3.88. The predicted octanol–water partition coefficient (Wildman–Crippen LogP) is -0.488. The number of rotatable bonds is 2. The van der Waals surface area contributed by atoms with Gasteiger partial charge in [-0.1, -0.05) is 6.07 Å². The number of hydrogen-bond donors (Lipinski definition) is 1. The van der Waals surface area contributed by atoms with Gasteiger partial charge in [-0.05, 0) is 31.0 Å². The van der Waals surface area contributed by atoms with E-state index >= 15 is 0 Å². The van der Waals surface area contributed by atoms with E-state index in [4.69, 9.17) is 0 Å². The molecule has 0 radical (unpaired) electrons. The van der Waals surface area contributed by atoms with Crippen molar-refractivity contribution in [1.82, 2.24) is 4.98 Å². The molecular formula is C12H9NO4-2. The number of aromatic carboxylic acids is 2. The average molecular weight is 231 g/mol. The molecule has 17 heavy (non-hydrogen) atoms. The van der Waals surface area contributed by atoms with Gasteiger partial charge in [-0.3, -0.25) is 0 Å². The molecule has 0 amide bonds. The molecule has 1 aromatic heterocycles. The number of aryl methyl sites for hydroxylation is 2. The van der Waals surface area contributed by atoms with Gasteiger partial charge in [0.1, 0.15) is 0 Å². The SMILES string of the molecule is Cc1ccc2[nH]c(C(=O)[O-])c(C(=O)[O-])c2c1C. The molecule has 2 rings (SSSR count). The monoisotopic (exact) mass is 231 g/mol.